The van der Waals surface area contributed by atoms with Crippen LogP contribution in [0.4, 0.5) is 15.6 Å². The van der Waals surface area contributed by atoms with Gasteiger partial charge < -0.3 is 10.2 Å². The zero-order chi connectivity index (χ0) is 14.5. The SMILES string of the molecule is Cc1csc(NC(=O)NCc2ccc(N(C)C)cc2)n1. The number of nitrogens with zero attached hydrogens (tertiary/aromatic N) is 2. The highest BCUT2D eigenvalue weighted by molar-refractivity contribution is 7.13. The Morgan fingerprint density at radius 1 is 1.30 bits per heavy atom. The van der Waals surface area contributed by atoms with Crippen molar-refractivity contribution in [3.05, 3.63) is 40.9 Å². The van der Waals surface area contributed by atoms with Crippen molar-refractivity contribution in [2.75, 3.05) is 24.3 Å². The van der Waals surface area contributed by atoms with E-state index < -0.39 is 0 Å². The van der Waals surface area contributed by atoms with E-state index in [0.29, 0.717) is 11.7 Å². The van der Waals surface area contributed by atoms with Crippen molar-refractivity contribution >= 4 is 28.2 Å². The Bertz CT molecular complexity index is 577. The molecule has 5 nitrogen and oxygen atoms in total. The van der Waals surface area contributed by atoms with Crippen LogP contribution in [0, 0.1) is 6.92 Å². The highest BCUT2D eigenvalue weighted by Crippen LogP contribution is 2.14. The summed E-state index contributed by atoms with van der Waals surface area (Å²) >= 11 is 1.42. The van der Waals surface area contributed by atoms with Crippen molar-refractivity contribution in [1.82, 2.24) is 10.3 Å². The zero-order valence-electron chi connectivity index (χ0n) is 11.8. The van der Waals surface area contributed by atoms with E-state index >= 15 is 0 Å². The second-order valence-corrected chi connectivity index (χ2v) is 5.52. The molecule has 6 heteroatoms. The first-order chi connectivity index (χ1) is 9.54. The molecule has 0 unspecified atom stereocenters. The minimum Gasteiger partial charge on any atom is -0.378 e. The maximum atomic E-state index is 11.7. The lowest BCUT2D eigenvalue weighted by Crippen LogP contribution is -2.28. The van der Waals surface area contributed by atoms with Gasteiger partial charge in [-0.3, -0.25) is 5.32 Å². The van der Waals surface area contributed by atoms with Gasteiger partial charge in [0, 0.05) is 31.7 Å². The number of benzene rings is 1. The number of nitrogens with one attached hydrogen (secondary N) is 2. The van der Waals surface area contributed by atoms with Gasteiger partial charge in [0.25, 0.3) is 0 Å². The number of anilines is 2. The largest absolute Gasteiger partial charge is 0.378 e. The van der Waals surface area contributed by atoms with Gasteiger partial charge in [-0.05, 0) is 24.6 Å². The maximum absolute atomic E-state index is 11.7. The molecule has 1 aromatic heterocycles. The molecule has 0 aliphatic carbocycles. The van der Waals surface area contributed by atoms with Crippen LogP contribution in [-0.4, -0.2) is 25.1 Å². The minimum atomic E-state index is -0.240. The van der Waals surface area contributed by atoms with Crippen LogP contribution >= 0.6 is 11.3 Å². The van der Waals surface area contributed by atoms with Gasteiger partial charge in [0.1, 0.15) is 0 Å². The number of amides is 2. The smallest absolute Gasteiger partial charge is 0.321 e. The monoisotopic (exact) mass is 290 g/mol. The number of hydrogen-bond acceptors (Lipinski definition) is 4. The number of aromatic nitrogens is 1. The molecule has 0 aliphatic heterocycles. The second-order valence-electron chi connectivity index (χ2n) is 4.66. The summed E-state index contributed by atoms with van der Waals surface area (Å²) in [7, 11) is 3.99. The minimum absolute atomic E-state index is 0.240. The van der Waals surface area contributed by atoms with Gasteiger partial charge in [-0.15, -0.1) is 11.3 Å². The molecule has 1 aromatic carbocycles. The summed E-state index contributed by atoms with van der Waals surface area (Å²) in [5.74, 6) is 0. The van der Waals surface area contributed by atoms with Crippen LogP contribution in [0.5, 0.6) is 0 Å². The van der Waals surface area contributed by atoms with Crippen LogP contribution < -0.4 is 15.5 Å². The van der Waals surface area contributed by atoms with Gasteiger partial charge in [0.05, 0.1) is 5.69 Å². The summed E-state index contributed by atoms with van der Waals surface area (Å²) in [4.78, 5) is 17.9. The Labute approximate surface area is 122 Å². The first-order valence-electron chi connectivity index (χ1n) is 6.28. The summed E-state index contributed by atoms with van der Waals surface area (Å²) < 4.78 is 0. The second kappa shape index (κ2) is 6.38. The summed E-state index contributed by atoms with van der Waals surface area (Å²) in [6.07, 6.45) is 0. The summed E-state index contributed by atoms with van der Waals surface area (Å²) in [6, 6.07) is 7.82. The van der Waals surface area contributed by atoms with Crippen LogP contribution in [0.1, 0.15) is 11.3 Å². The van der Waals surface area contributed by atoms with Crippen molar-refractivity contribution in [2.45, 2.75) is 13.5 Å². The standard InChI is InChI=1S/C14H18N4OS/c1-10-9-20-14(16-10)17-13(19)15-8-11-4-6-12(7-5-11)18(2)3/h4-7,9H,8H2,1-3H3,(H2,15,16,17,19). The molecule has 0 saturated carbocycles. The fourth-order valence-electron chi connectivity index (χ4n) is 1.65. The number of carbonyl (C=O) groups excluding carboxylic acids is 1. The summed E-state index contributed by atoms with van der Waals surface area (Å²) in [5, 5.41) is 8.03. The Hall–Kier alpha value is -2.08. The van der Waals surface area contributed by atoms with Crippen molar-refractivity contribution in [3.63, 3.8) is 0 Å². The van der Waals surface area contributed by atoms with Gasteiger partial charge in [0.2, 0.25) is 0 Å². The Kier molecular flexibility index (Phi) is 4.57. The number of aryl methyl sites for hydroxylation is 1. The number of urea groups is 1. The van der Waals surface area contributed by atoms with Crippen LogP contribution in [-0.2, 0) is 6.54 Å². The van der Waals surface area contributed by atoms with E-state index in [4.69, 9.17) is 0 Å². The zero-order valence-corrected chi connectivity index (χ0v) is 12.6. The van der Waals surface area contributed by atoms with Crippen LogP contribution in [0.15, 0.2) is 29.6 Å². The number of hydrogen-bond donors (Lipinski definition) is 2. The summed E-state index contributed by atoms with van der Waals surface area (Å²) in [5.41, 5.74) is 3.10. The predicted octanol–water partition coefficient (Wildman–Crippen LogP) is 2.84. The van der Waals surface area contributed by atoms with Crippen LogP contribution in [0.3, 0.4) is 0 Å². The maximum Gasteiger partial charge on any atom is 0.321 e. The third-order valence-corrected chi connectivity index (χ3v) is 3.62. The molecule has 0 bridgehead atoms. The predicted molar refractivity (Wildman–Crippen MR) is 83.5 cm³/mol. The lowest BCUT2D eigenvalue weighted by Gasteiger charge is -2.12. The highest BCUT2D eigenvalue weighted by Gasteiger charge is 2.04. The fraction of sp³-hybridized carbons (Fsp3) is 0.286. The molecule has 1 heterocycles. The number of rotatable bonds is 4. The van der Waals surface area contributed by atoms with Gasteiger partial charge in [0.15, 0.2) is 5.13 Å². The van der Waals surface area contributed by atoms with Crippen molar-refractivity contribution < 1.29 is 4.79 Å². The first kappa shape index (κ1) is 14.3. The molecule has 0 fully saturated rings. The molecular formula is C14H18N4OS. The molecule has 2 amide bonds. The fourth-order valence-corrected chi connectivity index (χ4v) is 2.33. The average molecular weight is 290 g/mol. The third kappa shape index (κ3) is 3.96. The van der Waals surface area contributed by atoms with Gasteiger partial charge in [-0.1, -0.05) is 12.1 Å². The van der Waals surface area contributed by atoms with Crippen molar-refractivity contribution in [1.29, 1.82) is 0 Å². The Morgan fingerprint density at radius 2 is 2.00 bits per heavy atom. The van der Waals surface area contributed by atoms with Gasteiger partial charge in [-0.2, -0.15) is 0 Å². The highest BCUT2D eigenvalue weighted by atomic mass is 32.1. The third-order valence-electron chi connectivity index (χ3n) is 2.75. The number of carbonyl (C=O) groups is 1. The lowest BCUT2D eigenvalue weighted by atomic mass is 10.2. The molecule has 2 aromatic rings. The van der Waals surface area contributed by atoms with Gasteiger partial charge >= 0.3 is 6.03 Å². The lowest BCUT2D eigenvalue weighted by molar-refractivity contribution is 0.251. The molecule has 2 N–H and O–H groups in total. The Balaban J connectivity index is 1.83. The van der Waals surface area contributed by atoms with Crippen LogP contribution in [0.2, 0.25) is 0 Å². The average Bonchev–Trinajstić information content (AvgIpc) is 2.82. The number of thiazole rings is 1. The molecule has 0 atom stereocenters. The molecule has 0 spiro atoms. The van der Waals surface area contributed by atoms with Crippen molar-refractivity contribution in [2.24, 2.45) is 0 Å². The van der Waals surface area contributed by atoms with E-state index in [0.717, 1.165) is 16.9 Å². The topological polar surface area (TPSA) is 57.3 Å². The van der Waals surface area contributed by atoms with E-state index in [2.05, 4.69) is 15.6 Å². The molecule has 0 radical (unpaired) electrons. The van der Waals surface area contributed by atoms with E-state index in [1.54, 1.807) is 0 Å². The molecule has 0 saturated heterocycles. The molecule has 20 heavy (non-hydrogen) atoms. The van der Waals surface area contributed by atoms with Gasteiger partial charge in [-0.25, -0.2) is 9.78 Å². The molecule has 106 valence electrons. The van der Waals surface area contributed by atoms with E-state index in [-0.39, 0.29) is 6.03 Å². The molecule has 2 rings (SSSR count). The molecule has 0 aliphatic rings. The Morgan fingerprint density at radius 3 is 2.55 bits per heavy atom. The van der Waals surface area contributed by atoms with Crippen molar-refractivity contribution in [3.8, 4) is 0 Å². The normalized spacial score (nSPS) is 10.2. The van der Waals surface area contributed by atoms with Crippen LogP contribution in [0.25, 0.3) is 0 Å². The molecular weight excluding hydrogens is 272 g/mol. The van der Waals surface area contributed by atoms with E-state index in [1.807, 2.05) is 55.6 Å². The van der Waals surface area contributed by atoms with E-state index in [1.165, 1.54) is 11.3 Å². The van der Waals surface area contributed by atoms with E-state index in [9.17, 15) is 4.79 Å². The first-order valence-corrected chi connectivity index (χ1v) is 7.16. The summed E-state index contributed by atoms with van der Waals surface area (Å²) in [6.45, 7) is 2.38. The quantitative estimate of drug-likeness (QED) is 0.910.